The van der Waals surface area contributed by atoms with Crippen molar-refractivity contribution in [2.75, 3.05) is 19.6 Å². The zero-order valence-corrected chi connectivity index (χ0v) is 16.0. The van der Waals surface area contributed by atoms with Crippen LogP contribution in [0.15, 0.2) is 30.0 Å². The fourth-order valence-corrected chi connectivity index (χ4v) is 3.63. The Morgan fingerprint density at radius 1 is 1.00 bits per heavy atom. The molecule has 0 bridgehead atoms. The zero-order chi connectivity index (χ0) is 18.7. The molecule has 26 heavy (non-hydrogen) atoms. The van der Waals surface area contributed by atoms with Gasteiger partial charge in [0.2, 0.25) is 0 Å². The van der Waals surface area contributed by atoms with Crippen LogP contribution in [0.3, 0.4) is 0 Å². The summed E-state index contributed by atoms with van der Waals surface area (Å²) in [6.45, 7) is 8.09. The summed E-state index contributed by atoms with van der Waals surface area (Å²) < 4.78 is 5.69. The SMILES string of the molecule is CCCN1C(=O)C(c2ccc(OC(C)C)cc2)=C(N2CCCCC2)C1=O. The highest BCUT2D eigenvalue weighted by molar-refractivity contribution is 6.35. The van der Waals surface area contributed by atoms with Crippen molar-refractivity contribution in [2.24, 2.45) is 0 Å². The lowest BCUT2D eigenvalue weighted by Crippen LogP contribution is -2.37. The van der Waals surface area contributed by atoms with Gasteiger partial charge in [0.25, 0.3) is 11.8 Å². The summed E-state index contributed by atoms with van der Waals surface area (Å²) in [5, 5.41) is 0. The first-order valence-corrected chi connectivity index (χ1v) is 9.65. The zero-order valence-electron chi connectivity index (χ0n) is 16.0. The van der Waals surface area contributed by atoms with E-state index in [1.807, 2.05) is 45.0 Å². The van der Waals surface area contributed by atoms with E-state index in [1.165, 1.54) is 11.3 Å². The second-order valence-corrected chi connectivity index (χ2v) is 7.22. The van der Waals surface area contributed by atoms with E-state index in [2.05, 4.69) is 4.90 Å². The molecule has 140 valence electrons. The third-order valence-electron chi connectivity index (χ3n) is 4.78. The van der Waals surface area contributed by atoms with Crippen molar-refractivity contribution in [2.45, 2.75) is 52.6 Å². The lowest BCUT2D eigenvalue weighted by molar-refractivity contribution is -0.137. The molecule has 0 spiro atoms. The van der Waals surface area contributed by atoms with Gasteiger partial charge in [-0.3, -0.25) is 14.5 Å². The summed E-state index contributed by atoms with van der Waals surface area (Å²) in [4.78, 5) is 29.5. The average molecular weight is 356 g/mol. The van der Waals surface area contributed by atoms with Crippen LogP contribution in [-0.4, -0.2) is 47.4 Å². The molecule has 5 heteroatoms. The number of amides is 2. The molecule has 1 aromatic rings. The molecule has 0 aliphatic carbocycles. The fraction of sp³-hybridized carbons (Fsp3) is 0.524. The third kappa shape index (κ3) is 3.62. The van der Waals surface area contributed by atoms with Gasteiger partial charge in [-0.1, -0.05) is 19.1 Å². The van der Waals surface area contributed by atoms with E-state index in [0.29, 0.717) is 17.8 Å². The molecule has 1 aromatic carbocycles. The lowest BCUT2D eigenvalue weighted by atomic mass is 10.0. The van der Waals surface area contributed by atoms with Crippen molar-refractivity contribution < 1.29 is 14.3 Å². The number of nitrogens with zero attached hydrogens (tertiary/aromatic N) is 2. The Labute approximate surface area is 155 Å². The number of rotatable bonds is 6. The first kappa shape index (κ1) is 18.5. The smallest absolute Gasteiger partial charge is 0.277 e. The molecule has 0 saturated carbocycles. The molecule has 3 rings (SSSR count). The molecular weight excluding hydrogens is 328 g/mol. The molecule has 0 N–H and O–H groups in total. The monoisotopic (exact) mass is 356 g/mol. The molecular formula is C21H28N2O3. The molecule has 0 radical (unpaired) electrons. The van der Waals surface area contributed by atoms with Gasteiger partial charge in [0.15, 0.2) is 0 Å². The van der Waals surface area contributed by atoms with Crippen molar-refractivity contribution in [1.29, 1.82) is 0 Å². The molecule has 1 saturated heterocycles. The highest BCUT2D eigenvalue weighted by Crippen LogP contribution is 2.33. The number of ether oxygens (including phenoxy) is 1. The minimum atomic E-state index is -0.171. The van der Waals surface area contributed by atoms with Gasteiger partial charge in [-0.05, 0) is 57.2 Å². The van der Waals surface area contributed by atoms with E-state index in [0.717, 1.165) is 43.7 Å². The third-order valence-corrected chi connectivity index (χ3v) is 4.78. The van der Waals surface area contributed by atoms with E-state index >= 15 is 0 Å². The lowest BCUT2D eigenvalue weighted by Gasteiger charge is -2.29. The Hall–Kier alpha value is -2.30. The fourth-order valence-electron chi connectivity index (χ4n) is 3.63. The molecule has 2 heterocycles. The van der Waals surface area contributed by atoms with E-state index in [9.17, 15) is 9.59 Å². The maximum absolute atomic E-state index is 13.0. The molecule has 0 atom stereocenters. The highest BCUT2D eigenvalue weighted by atomic mass is 16.5. The van der Waals surface area contributed by atoms with Gasteiger partial charge in [-0.2, -0.15) is 0 Å². The maximum atomic E-state index is 13.0. The predicted octanol–water partition coefficient (Wildman–Crippen LogP) is 3.45. The number of likely N-dealkylation sites (tertiary alicyclic amines) is 1. The van der Waals surface area contributed by atoms with Gasteiger partial charge in [0.05, 0.1) is 11.7 Å². The number of hydrogen-bond acceptors (Lipinski definition) is 4. The minimum absolute atomic E-state index is 0.0960. The summed E-state index contributed by atoms with van der Waals surface area (Å²) in [5.74, 6) is 0.456. The van der Waals surface area contributed by atoms with Gasteiger partial charge >= 0.3 is 0 Å². The quantitative estimate of drug-likeness (QED) is 0.733. The van der Waals surface area contributed by atoms with Gasteiger partial charge in [-0.15, -0.1) is 0 Å². The first-order chi connectivity index (χ1) is 12.5. The molecule has 1 fully saturated rings. The van der Waals surface area contributed by atoms with Crippen molar-refractivity contribution in [1.82, 2.24) is 9.80 Å². The minimum Gasteiger partial charge on any atom is -0.491 e. The topological polar surface area (TPSA) is 49.9 Å². The first-order valence-electron chi connectivity index (χ1n) is 9.65. The second-order valence-electron chi connectivity index (χ2n) is 7.22. The number of benzene rings is 1. The van der Waals surface area contributed by atoms with Gasteiger partial charge in [-0.25, -0.2) is 0 Å². The van der Waals surface area contributed by atoms with Crippen molar-refractivity contribution >= 4 is 17.4 Å². The Bertz CT molecular complexity index is 700. The van der Waals surface area contributed by atoms with Gasteiger partial charge in [0.1, 0.15) is 11.4 Å². The van der Waals surface area contributed by atoms with Crippen molar-refractivity contribution in [3.05, 3.63) is 35.5 Å². The molecule has 0 unspecified atom stereocenters. The number of hydrogen-bond donors (Lipinski definition) is 0. The van der Waals surface area contributed by atoms with Crippen LogP contribution < -0.4 is 4.74 Å². The maximum Gasteiger partial charge on any atom is 0.277 e. The van der Waals surface area contributed by atoms with Crippen LogP contribution in [0, 0.1) is 0 Å². The van der Waals surface area contributed by atoms with Gasteiger partial charge < -0.3 is 9.64 Å². The average Bonchev–Trinajstić information content (AvgIpc) is 2.88. The molecule has 5 nitrogen and oxygen atoms in total. The molecule has 2 aliphatic rings. The Kier molecular flexibility index (Phi) is 5.64. The van der Waals surface area contributed by atoms with E-state index in [4.69, 9.17) is 4.74 Å². The second kappa shape index (κ2) is 7.94. The largest absolute Gasteiger partial charge is 0.491 e. The predicted molar refractivity (Wildman–Crippen MR) is 102 cm³/mol. The summed E-state index contributed by atoms with van der Waals surface area (Å²) in [6, 6.07) is 7.52. The summed E-state index contributed by atoms with van der Waals surface area (Å²) in [6.07, 6.45) is 4.17. The normalized spacial score (nSPS) is 18.3. The Morgan fingerprint density at radius 3 is 2.23 bits per heavy atom. The summed E-state index contributed by atoms with van der Waals surface area (Å²) in [7, 11) is 0. The number of imide groups is 1. The van der Waals surface area contributed by atoms with Crippen molar-refractivity contribution in [3.63, 3.8) is 0 Å². The number of carbonyl (C=O) groups excluding carboxylic acids is 2. The highest BCUT2D eigenvalue weighted by Gasteiger charge is 2.41. The molecule has 2 aliphatic heterocycles. The Morgan fingerprint density at radius 2 is 1.65 bits per heavy atom. The summed E-state index contributed by atoms with van der Waals surface area (Å²) >= 11 is 0. The van der Waals surface area contributed by atoms with Crippen LogP contribution in [0.5, 0.6) is 5.75 Å². The van der Waals surface area contributed by atoms with E-state index in [-0.39, 0.29) is 17.9 Å². The van der Waals surface area contributed by atoms with Crippen molar-refractivity contribution in [3.8, 4) is 5.75 Å². The summed E-state index contributed by atoms with van der Waals surface area (Å²) in [5.41, 5.74) is 1.92. The van der Waals surface area contributed by atoms with Crippen LogP contribution in [0.2, 0.25) is 0 Å². The van der Waals surface area contributed by atoms with E-state index in [1.54, 1.807) is 0 Å². The number of piperidine rings is 1. The van der Waals surface area contributed by atoms with Crippen LogP contribution in [0.4, 0.5) is 0 Å². The van der Waals surface area contributed by atoms with E-state index < -0.39 is 0 Å². The van der Waals surface area contributed by atoms with Gasteiger partial charge in [0, 0.05) is 19.6 Å². The number of carbonyl (C=O) groups is 2. The van der Waals surface area contributed by atoms with Crippen LogP contribution in [0.1, 0.15) is 52.0 Å². The molecule has 2 amide bonds. The van der Waals surface area contributed by atoms with Crippen LogP contribution >= 0.6 is 0 Å². The van der Waals surface area contributed by atoms with Crippen LogP contribution in [0.25, 0.3) is 5.57 Å². The Balaban J connectivity index is 1.98. The standard InChI is InChI=1S/C21H28N2O3/c1-4-12-23-20(24)18(16-8-10-17(11-9-16)26-15(2)3)19(21(23)25)22-13-6-5-7-14-22/h8-11,15H,4-7,12-14H2,1-3H3. The molecule has 0 aromatic heterocycles. The van der Waals surface area contributed by atoms with Crippen LogP contribution in [-0.2, 0) is 9.59 Å².